The number of anilines is 1. The number of esters is 1. The fourth-order valence-corrected chi connectivity index (χ4v) is 9.30. The van der Waals surface area contributed by atoms with Crippen LogP contribution in [0.15, 0.2) is 6.33 Å². The molecule has 0 aliphatic heterocycles. The van der Waals surface area contributed by atoms with Crippen molar-refractivity contribution in [2.24, 2.45) is 23.2 Å². The summed E-state index contributed by atoms with van der Waals surface area (Å²) in [5, 5.41) is 8.69. The normalized spacial score (nSPS) is 32.9. The van der Waals surface area contributed by atoms with Crippen molar-refractivity contribution in [3.05, 3.63) is 27.6 Å². The van der Waals surface area contributed by atoms with Crippen molar-refractivity contribution in [3.8, 4) is 0 Å². The highest BCUT2D eigenvalue weighted by atomic mass is 35.5. The van der Waals surface area contributed by atoms with E-state index in [-0.39, 0.29) is 22.7 Å². The zero-order valence-electron chi connectivity index (χ0n) is 20.4. The zero-order chi connectivity index (χ0) is 24.4. The molecule has 7 rings (SSSR count). The van der Waals surface area contributed by atoms with Gasteiger partial charge in [-0.2, -0.15) is 0 Å². The smallest absolute Gasteiger partial charge is 0.341 e. The Hall–Kier alpha value is -1.93. The largest absolute Gasteiger partial charge is 0.462 e. The summed E-state index contributed by atoms with van der Waals surface area (Å²) in [6.07, 6.45) is 11.2. The van der Waals surface area contributed by atoms with E-state index >= 15 is 0 Å². The molecule has 4 fully saturated rings. The SMILES string of the molecule is CCCOC(=O)c1c(NC(=O)C23C[C@H]4C[C@@H](C2)CC(n2cnc(Cl)n2)(C4)C3)sc2c1CC[C@@H](C)C2. The van der Waals surface area contributed by atoms with Crippen LogP contribution in [0.25, 0.3) is 0 Å². The molecular weight excluding hydrogens is 484 g/mol. The summed E-state index contributed by atoms with van der Waals surface area (Å²) in [5.41, 5.74) is 1.03. The van der Waals surface area contributed by atoms with Crippen molar-refractivity contribution in [1.29, 1.82) is 0 Å². The number of carbonyl (C=O) groups is 2. The molecule has 9 heteroatoms. The van der Waals surface area contributed by atoms with E-state index in [1.807, 2.05) is 11.6 Å². The predicted molar refractivity (Wildman–Crippen MR) is 135 cm³/mol. The Bertz CT molecular complexity index is 1160. The molecule has 4 saturated carbocycles. The lowest BCUT2D eigenvalue weighted by atomic mass is 9.46. The van der Waals surface area contributed by atoms with E-state index in [0.717, 1.165) is 63.4 Å². The first-order valence-corrected chi connectivity index (χ1v) is 14.2. The van der Waals surface area contributed by atoms with Crippen LogP contribution in [0.1, 0.15) is 86.0 Å². The number of aromatic nitrogens is 3. The van der Waals surface area contributed by atoms with Gasteiger partial charge in [0.25, 0.3) is 0 Å². The molecule has 0 saturated heterocycles. The molecule has 5 atom stereocenters. The van der Waals surface area contributed by atoms with Gasteiger partial charge in [-0.1, -0.05) is 13.8 Å². The van der Waals surface area contributed by atoms with Crippen molar-refractivity contribution in [2.45, 2.75) is 83.6 Å². The van der Waals surface area contributed by atoms with Crippen molar-refractivity contribution < 1.29 is 14.3 Å². The van der Waals surface area contributed by atoms with Crippen LogP contribution >= 0.6 is 22.9 Å². The molecule has 5 aliphatic carbocycles. The fraction of sp³-hybridized carbons (Fsp3) is 0.692. The van der Waals surface area contributed by atoms with Gasteiger partial charge >= 0.3 is 5.97 Å². The number of ether oxygens (including phenoxy) is 1. The van der Waals surface area contributed by atoms with Gasteiger partial charge in [-0.05, 0) is 99.1 Å². The van der Waals surface area contributed by atoms with E-state index in [2.05, 4.69) is 22.3 Å². The lowest BCUT2D eigenvalue weighted by molar-refractivity contribution is -0.150. The van der Waals surface area contributed by atoms with Crippen LogP contribution in [-0.2, 0) is 27.9 Å². The van der Waals surface area contributed by atoms with Crippen LogP contribution in [0.5, 0.6) is 0 Å². The highest BCUT2D eigenvalue weighted by Gasteiger charge is 2.62. The standard InChI is InChI=1S/C26H33ClN4O3S/c1-3-6-34-22(32)20-18-5-4-15(2)7-19(18)35-21(20)29-23(33)25-9-16-8-17(10-25)12-26(11-16,13-25)31-14-28-24(27)30-31/h14-17H,3-13H2,1-2H3,(H,29,33)/t15-,16-,17+,25?,26?/m1/s1. The van der Waals surface area contributed by atoms with Gasteiger partial charge in [0.05, 0.1) is 23.1 Å². The molecule has 7 nitrogen and oxygen atoms in total. The monoisotopic (exact) mass is 516 g/mol. The quantitative estimate of drug-likeness (QED) is 0.503. The lowest BCUT2D eigenvalue weighted by Crippen LogP contribution is -2.60. The summed E-state index contributed by atoms with van der Waals surface area (Å²) in [6.45, 7) is 4.64. The number of nitrogens with zero attached hydrogens (tertiary/aromatic N) is 3. The maximum atomic E-state index is 14.1. The Morgan fingerprint density at radius 3 is 2.74 bits per heavy atom. The number of nitrogens with one attached hydrogen (secondary N) is 1. The Labute approximate surface area is 215 Å². The molecule has 1 N–H and O–H groups in total. The first-order valence-electron chi connectivity index (χ1n) is 13.0. The molecule has 2 aromatic heterocycles. The maximum absolute atomic E-state index is 14.1. The molecule has 188 valence electrons. The minimum atomic E-state index is -0.453. The minimum Gasteiger partial charge on any atom is -0.462 e. The molecule has 0 spiro atoms. The molecule has 1 amide bonds. The Kier molecular flexibility index (Phi) is 5.75. The summed E-state index contributed by atoms with van der Waals surface area (Å²) in [7, 11) is 0. The summed E-state index contributed by atoms with van der Waals surface area (Å²) >= 11 is 7.66. The van der Waals surface area contributed by atoms with Crippen LogP contribution in [0.4, 0.5) is 5.00 Å². The molecule has 5 aliphatic rings. The third-order valence-electron chi connectivity index (χ3n) is 8.84. The van der Waals surface area contributed by atoms with Crippen molar-refractivity contribution in [1.82, 2.24) is 14.8 Å². The number of thiophene rings is 1. The van der Waals surface area contributed by atoms with Crippen LogP contribution in [0.3, 0.4) is 0 Å². The third-order valence-corrected chi connectivity index (χ3v) is 10.2. The van der Waals surface area contributed by atoms with Gasteiger partial charge in [0, 0.05) is 4.88 Å². The molecular formula is C26H33ClN4O3S. The first-order chi connectivity index (χ1) is 16.8. The van der Waals surface area contributed by atoms with Crippen molar-refractivity contribution in [3.63, 3.8) is 0 Å². The van der Waals surface area contributed by atoms with Crippen LogP contribution in [0, 0.1) is 23.2 Å². The molecule has 35 heavy (non-hydrogen) atoms. The van der Waals surface area contributed by atoms with Gasteiger partial charge in [-0.3, -0.25) is 4.79 Å². The van der Waals surface area contributed by atoms with Crippen LogP contribution < -0.4 is 5.32 Å². The van der Waals surface area contributed by atoms with Gasteiger partial charge in [0.1, 0.15) is 11.3 Å². The number of carbonyl (C=O) groups excluding carboxylic acids is 2. The fourth-order valence-electron chi connectivity index (χ4n) is 7.78. The molecule has 0 aromatic carbocycles. The van der Waals surface area contributed by atoms with Crippen LogP contribution in [-0.4, -0.2) is 33.2 Å². The maximum Gasteiger partial charge on any atom is 0.341 e. The number of fused-ring (bicyclic) bond motifs is 1. The van der Waals surface area contributed by atoms with Crippen molar-refractivity contribution >= 4 is 39.8 Å². The van der Waals surface area contributed by atoms with E-state index in [1.165, 1.54) is 11.3 Å². The second-order valence-electron chi connectivity index (χ2n) is 11.6. The summed E-state index contributed by atoms with van der Waals surface area (Å²) in [6, 6.07) is 0. The number of hydrogen-bond donors (Lipinski definition) is 1. The second kappa shape index (κ2) is 8.58. The lowest BCUT2D eigenvalue weighted by Gasteiger charge is -2.60. The van der Waals surface area contributed by atoms with Gasteiger partial charge < -0.3 is 10.1 Å². The Balaban J connectivity index is 1.32. The Morgan fingerprint density at radius 1 is 1.29 bits per heavy atom. The molecule has 2 unspecified atom stereocenters. The van der Waals surface area contributed by atoms with E-state index < -0.39 is 5.41 Å². The van der Waals surface area contributed by atoms with E-state index in [1.54, 1.807) is 17.7 Å². The van der Waals surface area contributed by atoms with Crippen molar-refractivity contribution in [2.75, 3.05) is 11.9 Å². The van der Waals surface area contributed by atoms with Gasteiger partial charge in [0.2, 0.25) is 11.2 Å². The minimum absolute atomic E-state index is 0.0541. The zero-order valence-corrected chi connectivity index (χ0v) is 22.0. The number of rotatable bonds is 6. The third kappa shape index (κ3) is 3.91. The van der Waals surface area contributed by atoms with Gasteiger partial charge in [-0.15, -0.1) is 16.4 Å². The first kappa shape index (κ1) is 23.5. The van der Waals surface area contributed by atoms with Gasteiger partial charge in [-0.25, -0.2) is 14.5 Å². The van der Waals surface area contributed by atoms with Crippen LogP contribution in [0.2, 0.25) is 5.28 Å². The molecule has 0 radical (unpaired) electrons. The second-order valence-corrected chi connectivity index (χ2v) is 13.0. The van der Waals surface area contributed by atoms with E-state index in [9.17, 15) is 9.59 Å². The summed E-state index contributed by atoms with van der Waals surface area (Å²) < 4.78 is 7.50. The summed E-state index contributed by atoms with van der Waals surface area (Å²) in [5.74, 6) is 1.33. The topological polar surface area (TPSA) is 86.1 Å². The van der Waals surface area contributed by atoms with E-state index in [0.29, 0.717) is 34.9 Å². The highest BCUT2D eigenvalue weighted by Crippen LogP contribution is 2.64. The molecule has 4 bridgehead atoms. The Morgan fingerprint density at radius 2 is 2.06 bits per heavy atom. The highest BCUT2D eigenvalue weighted by molar-refractivity contribution is 7.17. The molecule has 2 aromatic rings. The average Bonchev–Trinajstić information content (AvgIpc) is 3.40. The summed E-state index contributed by atoms with van der Waals surface area (Å²) in [4.78, 5) is 32.6. The average molecular weight is 517 g/mol. The van der Waals surface area contributed by atoms with E-state index in [4.69, 9.17) is 16.3 Å². The van der Waals surface area contributed by atoms with Gasteiger partial charge in [0.15, 0.2) is 0 Å². The number of hydrogen-bond acceptors (Lipinski definition) is 6. The number of halogens is 1. The predicted octanol–water partition coefficient (Wildman–Crippen LogP) is 5.62. The molecule has 2 heterocycles. The number of amides is 1.